The van der Waals surface area contributed by atoms with E-state index in [2.05, 4.69) is 5.32 Å². The molecule has 2 aromatic rings. The van der Waals surface area contributed by atoms with Gasteiger partial charge in [0, 0.05) is 11.3 Å². The Bertz CT molecular complexity index is 608. The van der Waals surface area contributed by atoms with Crippen molar-refractivity contribution in [2.45, 2.75) is 13.3 Å². The maximum Gasteiger partial charge on any atom is 0.228 e. The fourth-order valence-electron chi connectivity index (χ4n) is 1.96. The molecule has 0 saturated carbocycles. The number of carbonyl (C=O) groups excluding carboxylic acids is 1. The Balaban J connectivity index is 2.08. The summed E-state index contributed by atoms with van der Waals surface area (Å²) in [6.45, 7) is 1.96. The van der Waals surface area contributed by atoms with Crippen LogP contribution in [0.2, 0.25) is 0 Å². The smallest absolute Gasteiger partial charge is 0.228 e. The fraction of sp³-hybridized carbons (Fsp3) is 0.188. The topological polar surface area (TPSA) is 38.3 Å². The van der Waals surface area contributed by atoms with Crippen LogP contribution >= 0.6 is 0 Å². The van der Waals surface area contributed by atoms with Gasteiger partial charge in [0.2, 0.25) is 5.91 Å². The highest BCUT2D eigenvalue weighted by molar-refractivity contribution is 5.92. The second-order valence-corrected chi connectivity index (χ2v) is 4.55. The molecule has 0 heterocycles. The molecule has 2 aromatic carbocycles. The number of methoxy groups -OCH3 is 1. The zero-order chi connectivity index (χ0) is 14.5. The quantitative estimate of drug-likeness (QED) is 0.928. The number of benzene rings is 2. The number of carbonyl (C=O) groups is 1. The normalized spacial score (nSPS) is 10.2. The molecule has 0 spiro atoms. The Labute approximate surface area is 117 Å². The van der Waals surface area contributed by atoms with Gasteiger partial charge in [0.25, 0.3) is 0 Å². The van der Waals surface area contributed by atoms with Gasteiger partial charge in [0.1, 0.15) is 11.6 Å². The molecule has 0 aliphatic carbocycles. The zero-order valence-electron chi connectivity index (χ0n) is 11.4. The van der Waals surface area contributed by atoms with E-state index in [1.54, 1.807) is 7.11 Å². The molecule has 20 heavy (non-hydrogen) atoms. The molecule has 1 amide bonds. The van der Waals surface area contributed by atoms with Crippen LogP contribution in [0.4, 0.5) is 10.1 Å². The first-order chi connectivity index (χ1) is 9.58. The third kappa shape index (κ3) is 3.57. The predicted molar refractivity (Wildman–Crippen MR) is 76.5 cm³/mol. The van der Waals surface area contributed by atoms with Crippen molar-refractivity contribution < 1.29 is 13.9 Å². The van der Waals surface area contributed by atoms with E-state index < -0.39 is 0 Å². The summed E-state index contributed by atoms with van der Waals surface area (Å²) in [5, 5.41) is 2.73. The van der Waals surface area contributed by atoms with E-state index in [9.17, 15) is 9.18 Å². The lowest BCUT2D eigenvalue weighted by Gasteiger charge is -2.10. The van der Waals surface area contributed by atoms with E-state index in [1.165, 1.54) is 24.3 Å². The molecule has 0 aliphatic rings. The molecular weight excluding hydrogens is 257 g/mol. The molecule has 0 saturated heterocycles. The van der Waals surface area contributed by atoms with E-state index in [0.717, 1.165) is 11.1 Å². The second kappa shape index (κ2) is 6.19. The van der Waals surface area contributed by atoms with Crippen molar-refractivity contribution in [3.8, 4) is 5.75 Å². The van der Waals surface area contributed by atoms with Gasteiger partial charge in [0.05, 0.1) is 13.5 Å². The number of nitrogens with one attached hydrogen (secondary N) is 1. The Morgan fingerprint density at radius 1 is 1.20 bits per heavy atom. The number of ether oxygens (including phenoxy) is 1. The van der Waals surface area contributed by atoms with Crippen molar-refractivity contribution in [2.24, 2.45) is 0 Å². The minimum absolute atomic E-state index is 0.166. The minimum Gasteiger partial charge on any atom is -0.496 e. The van der Waals surface area contributed by atoms with Gasteiger partial charge in [-0.3, -0.25) is 4.79 Å². The Morgan fingerprint density at radius 3 is 2.55 bits per heavy atom. The number of rotatable bonds is 4. The molecule has 0 aromatic heterocycles. The Hall–Kier alpha value is -2.36. The van der Waals surface area contributed by atoms with Crippen LogP contribution in [-0.2, 0) is 11.2 Å². The van der Waals surface area contributed by atoms with E-state index >= 15 is 0 Å². The average Bonchev–Trinajstić information content (AvgIpc) is 2.41. The van der Waals surface area contributed by atoms with Crippen LogP contribution in [0.5, 0.6) is 5.75 Å². The highest BCUT2D eigenvalue weighted by Crippen LogP contribution is 2.20. The highest BCUT2D eigenvalue weighted by atomic mass is 19.1. The van der Waals surface area contributed by atoms with Crippen LogP contribution in [0.25, 0.3) is 0 Å². The van der Waals surface area contributed by atoms with Gasteiger partial charge in [-0.2, -0.15) is 0 Å². The van der Waals surface area contributed by atoms with Crippen molar-refractivity contribution in [1.29, 1.82) is 0 Å². The monoisotopic (exact) mass is 273 g/mol. The summed E-state index contributed by atoms with van der Waals surface area (Å²) in [6, 6.07) is 11.4. The summed E-state index contributed by atoms with van der Waals surface area (Å²) in [4.78, 5) is 12.0. The van der Waals surface area contributed by atoms with Crippen molar-refractivity contribution in [3.05, 3.63) is 59.4 Å². The van der Waals surface area contributed by atoms with E-state index in [4.69, 9.17) is 4.74 Å². The molecular formula is C16H16FNO2. The fourth-order valence-corrected chi connectivity index (χ4v) is 1.96. The molecule has 3 nitrogen and oxygen atoms in total. The lowest BCUT2D eigenvalue weighted by molar-refractivity contribution is -0.115. The highest BCUT2D eigenvalue weighted by Gasteiger charge is 2.09. The Kier molecular flexibility index (Phi) is 4.35. The molecule has 0 unspecified atom stereocenters. The summed E-state index contributed by atoms with van der Waals surface area (Å²) in [5.41, 5.74) is 2.46. The van der Waals surface area contributed by atoms with Crippen molar-refractivity contribution in [2.75, 3.05) is 12.4 Å². The maximum absolute atomic E-state index is 12.8. The van der Waals surface area contributed by atoms with Gasteiger partial charge in [-0.05, 0) is 37.3 Å². The van der Waals surface area contributed by atoms with Crippen LogP contribution in [0.15, 0.2) is 42.5 Å². The van der Waals surface area contributed by atoms with Crippen LogP contribution in [-0.4, -0.2) is 13.0 Å². The lowest BCUT2D eigenvalue weighted by atomic mass is 10.1. The average molecular weight is 273 g/mol. The van der Waals surface area contributed by atoms with Crippen LogP contribution < -0.4 is 10.1 Å². The van der Waals surface area contributed by atoms with Gasteiger partial charge in [-0.15, -0.1) is 0 Å². The third-order valence-electron chi connectivity index (χ3n) is 2.91. The summed E-state index contributed by atoms with van der Waals surface area (Å²) < 4.78 is 18.0. The van der Waals surface area contributed by atoms with E-state index in [1.807, 2.05) is 25.1 Å². The molecule has 0 bridgehead atoms. The first-order valence-electron chi connectivity index (χ1n) is 6.27. The number of amides is 1. The molecule has 2 rings (SSSR count). The van der Waals surface area contributed by atoms with E-state index in [-0.39, 0.29) is 18.1 Å². The summed E-state index contributed by atoms with van der Waals surface area (Å²) in [6.07, 6.45) is 0.211. The predicted octanol–water partition coefficient (Wildman–Crippen LogP) is 3.32. The number of hydrogen-bond acceptors (Lipinski definition) is 2. The van der Waals surface area contributed by atoms with E-state index in [0.29, 0.717) is 11.4 Å². The zero-order valence-corrected chi connectivity index (χ0v) is 11.4. The van der Waals surface area contributed by atoms with Crippen molar-refractivity contribution in [3.63, 3.8) is 0 Å². The number of aryl methyl sites for hydroxylation is 1. The lowest BCUT2D eigenvalue weighted by Crippen LogP contribution is -2.15. The molecule has 0 radical (unpaired) electrons. The van der Waals surface area contributed by atoms with Gasteiger partial charge >= 0.3 is 0 Å². The molecule has 0 aliphatic heterocycles. The van der Waals surface area contributed by atoms with Crippen LogP contribution in [0.3, 0.4) is 0 Å². The number of hydrogen-bond donors (Lipinski definition) is 1. The second-order valence-electron chi connectivity index (χ2n) is 4.55. The van der Waals surface area contributed by atoms with Gasteiger partial charge in [0.15, 0.2) is 0 Å². The molecule has 1 N–H and O–H groups in total. The third-order valence-corrected chi connectivity index (χ3v) is 2.91. The molecule has 4 heteroatoms. The van der Waals surface area contributed by atoms with Gasteiger partial charge < -0.3 is 10.1 Å². The maximum atomic E-state index is 12.8. The Morgan fingerprint density at radius 2 is 1.90 bits per heavy atom. The molecule has 104 valence electrons. The largest absolute Gasteiger partial charge is 0.496 e. The minimum atomic E-state index is -0.330. The molecule has 0 fully saturated rings. The summed E-state index contributed by atoms with van der Waals surface area (Å²) >= 11 is 0. The summed E-state index contributed by atoms with van der Waals surface area (Å²) in [7, 11) is 1.58. The first kappa shape index (κ1) is 14.1. The van der Waals surface area contributed by atoms with Gasteiger partial charge in [-0.1, -0.05) is 17.7 Å². The number of halogens is 1. The van der Waals surface area contributed by atoms with Crippen molar-refractivity contribution in [1.82, 2.24) is 0 Å². The van der Waals surface area contributed by atoms with Crippen LogP contribution in [0, 0.1) is 12.7 Å². The van der Waals surface area contributed by atoms with Gasteiger partial charge in [-0.25, -0.2) is 4.39 Å². The number of anilines is 1. The van der Waals surface area contributed by atoms with Crippen molar-refractivity contribution >= 4 is 11.6 Å². The summed E-state index contributed by atoms with van der Waals surface area (Å²) in [5.74, 6) is 0.189. The molecule has 0 atom stereocenters. The first-order valence-corrected chi connectivity index (χ1v) is 6.27. The SMILES string of the molecule is COc1ccc(C)cc1CC(=O)Nc1ccc(F)cc1. The van der Waals surface area contributed by atoms with Crippen LogP contribution in [0.1, 0.15) is 11.1 Å². The standard InChI is InChI=1S/C16H16FNO2/c1-11-3-8-15(20-2)12(9-11)10-16(19)18-14-6-4-13(17)5-7-14/h3-9H,10H2,1-2H3,(H,18,19).